The first-order valence-electron chi connectivity index (χ1n) is 13.4. The molecule has 0 bridgehead atoms. The number of carbonyl (C=O) groups excluding carboxylic acids is 5. The van der Waals surface area contributed by atoms with Gasteiger partial charge in [0.1, 0.15) is 31.3 Å². The minimum absolute atomic E-state index is 0.0705. The van der Waals surface area contributed by atoms with Crippen molar-refractivity contribution in [1.29, 1.82) is 0 Å². The van der Waals surface area contributed by atoms with E-state index >= 15 is 0 Å². The number of hydrogen-bond acceptors (Lipinski definition) is 7. The number of ketones is 1. The molecule has 3 N–H and O–H groups in total. The molecule has 2 aliphatic rings. The van der Waals surface area contributed by atoms with Crippen molar-refractivity contribution >= 4 is 29.6 Å². The van der Waals surface area contributed by atoms with Gasteiger partial charge < -0.3 is 30.3 Å². The van der Waals surface area contributed by atoms with Gasteiger partial charge in [-0.1, -0.05) is 60.7 Å². The van der Waals surface area contributed by atoms with Crippen molar-refractivity contribution in [3.8, 4) is 0 Å². The molecular weight excluding hydrogens is 516 g/mol. The summed E-state index contributed by atoms with van der Waals surface area (Å²) in [6.45, 7) is 1.96. The molecule has 0 aliphatic carbocycles. The normalized spacial score (nSPS) is 19.2. The summed E-state index contributed by atoms with van der Waals surface area (Å²) < 4.78 is 10.2. The highest BCUT2D eigenvalue weighted by molar-refractivity contribution is 5.96. The molecule has 11 heteroatoms. The van der Waals surface area contributed by atoms with Crippen molar-refractivity contribution in [1.82, 2.24) is 20.9 Å². The number of Topliss-reactive ketones (excluding diaryl/α,β-unsaturated/α-hetero) is 1. The third kappa shape index (κ3) is 8.12. The number of likely N-dealkylation sites (tertiary alicyclic amines) is 1. The summed E-state index contributed by atoms with van der Waals surface area (Å²) in [5.41, 5.74) is 1.70. The maximum atomic E-state index is 13.0. The Hall–Kier alpha value is -4.25. The van der Waals surface area contributed by atoms with E-state index < -0.39 is 48.0 Å². The molecule has 2 aromatic rings. The van der Waals surface area contributed by atoms with Crippen molar-refractivity contribution in [2.75, 3.05) is 19.7 Å². The number of carbonyl (C=O) groups is 5. The molecule has 11 nitrogen and oxygen atoms in total. The van der Waals surface area contributed by atoms with Gasteiger partial charge in [-0.2, -0.15) is 0 Å². The quantitative estimate of drug-likeness (QED) is 0.336. The molecule has 212 valence electrons. The average molecular weight is 551 g/mol. The summed E-state index contributed by atoms with van der Waals surface area (Å²) in [5.74, 6) is -1.62. The van der Waals surface area contributed by atoms with Crippen molar-refractivity contribution in [2.24, 2.45) is 0 Å². The van der Waals surface area contributed by atoms with Crippen LogP contribution in [0.5, 0.6) is 0 Å². The Morgan fingerprint density at radius 1 is 0.975 bits per heavy atom. The number of alkyl carbamates (subject to hydrolysis) is 1. The topological polar surface area (TPSA) is 146 Å². The number of benzene rings is 2. The summed E-state index contributed by atoms with van der Waals surface area (Å²) in [6, 6.07) is 15.9. The van der Waals surface area contributed by atoms with E-state index in [1.54, 1.807) is 0 Å². The van der Waals surface area contributed by atoms with Crippen LogP contribution in [0.2, 0.25) is 0 Å². The predicted molar refractivity (Wildman–Crippen MR) is 144 cm³/mol. The van der Waals surface area contributed by atoms with Crippen LogP contribution in [0.25, 0.3) is 0 Å². The molecule has 4 unspecified atom stereocenters. The Labute approximate surface area is 232 Å². The van der Waals surface area contributed by atoms with E-state index in [2.05, 4.69) is 16.0 Å². The smallest absolute Gasteiger partial charge is 0.407 e. The van der Waals surface area contributed by atoms with Crippen LogP contribution in [0.15, 0.2) is 60.7 Å². The Morgan fingerprint density at radius 2 is 1.62 bits per heavy atom. The van der Waals surface area contributed by atoms with E-state index in [0.29, 0.717) is 32.4 Å². The number of epoxide rings is 1. The molecule has 40 heavy (non-hydrogen) atoms. The van der Waals surface area contributed by atoms with Crippen molar-refractivity contribution in [3.05, 3.63) is 71.8 Å². The van der Waals surface area contributed by atoms with Crippen LogP contribution < -0.4 is 16.0 Å². The Morgan fingerprint density at radius 3 is 2.27 bits per heavy atom. The molecule has 2 aromatic carbocycles. The molecule has 0 aromatic heterocycles. The second kappa shape index (κ2) is 13.7. The van der Waals surface area contributed by atoms with E-state index in [1.807, 2.05) is 60.7 Å². The Kier molecular flexibility index (Phi) is 9.85. The molecule has 2 saturated heterocycles. The second-order valence-electron chi connectivity index (χ2n) is 9.87. The highest BCUT2D eigenvalue weighted by Gasteiger charge is 2.38. The number of ether oxygens (including phenoxy) is 2. The maximum absolute atomic E-state index is 13.0. The fourth-order valence-corrected chi connectivity index (χ4v) is 4.54. The Balaban J connectivity index is 1.25. The summed E-state index contributed by atoms with van der Waals surface area (Å²) in [4.78, 5) is 64.9. The number of amides is 4. The molecule has 2 aliphatic heterocycles. The predicted octanol–water partition coefficient (Wildman–Crippen LogP) is 1.10. The van der Waals surface area contributed by atoms with Crippen LogP contribution in [0, 0.1) is 0 Å². The molecule has 0 saturated carbocycles. The van der Waals surface area contributed by atoms with E-state index in [9.17, 15) is 24.0 Å². The van der Waals surface area contributed by atoms with Gasteiger partial charge in [0.25, 0.3) is 0 Å². The van der Waals surface area contributed by atoms with Crippen molar-refractivity contribution in [2.45, 2.75) is 57.0 Å². The van der Waals surface area contributed by atoms with Crippen LogP contribution >= 0.6 is 0 Å². The van der Waals surface area contributed by atoms with Crippen molar-refractivity contribution < 1.29 is 33.4 Å². The van der Waals surface area contributed by atoms with Gasteiger partial charge in [-0.15, -0.1) is 0 Å². The largest absolute Gasteiger partial charge is 0.445 e. The van der Waals surface area contributed by atoms with Gasteiger partial charge in [-0.3, -0.25) is 19.2 Å². The number of hydrogen-bond donors (Lipinski definition) is 3. The third-order valence-electron chi connectivity index (χ3n) is 6.82. The molecular formula is C29H34N4O7. The molecule has 2 heterocycles. The summed E-state index contributed by atoms with van der Waals surface area (Å²) in [6.07, 6.45) is 0.0775. The van der Waals surface area contributed by atoms with E-state index in [0.717, 1.165) is 11.1 Å². The van der Waals surface area contributed by atoms with E-state index in [1.165, 1.54) is 11.8 Å². The first-order valence-corrected chi connectivity index (χ1v) is 13.4. The molecule has 2 fully saturated rings. The lowest BCUT2D eigenvalue weighted by molar-refractivity contribution is -0.139. The lowest BCUT2D eigenvalue weighted by atomic mass is 10.0. The van der Waals surface area contributed by atoms with E-state index in [4.69, 9.17) is 9.47 Å². The van der Waals surface area contributed by atoms with Crippen LogP contribution in [0.1, 0.15) is 30.9 Å². The van der Waals surface area contributed by atoms with Gasteiger partial charge in [0.2, 0.25) is 17.7 Å². The second-order valence-corrected chi connectivity index (χ2v) is 9.87. The minimum atomic E-state index is -0.942. The fourth-order valence-electron chi connectivity index (χ4n) is 4.54. The molecule has 4 rings (SSSR count). The van der Waals surface area contributed by atoms with Crippen LogP contribution in [0.3, 0.4) is 0 Å². The molecule has 4 atom stereocenters. The van der Waals surface area contributed by atoms with Gasteiger partial charge >= 0.3 is 6.09 Å². The highest BCUT2D eigenvalue weighted by Crippen LogP contribution is 2.18. The fraction of sp³-hybridized carbons (Fsp3) is 0.414. The number of nitrogens with zero attached hydrogens (tertiary/aromatic N) is 1. The van der Waals surface area contributed by atoms with Crippen LogP contribution in [0.4, 0.5) is 4.79 Å². The van der Waals surface area contributed by atoms with Gasteiger partial charge in [0.15, 0.2) is 5.78 Å². The zero-order valence-electron chi connectivity index (χ0n) is 22.3. The highest BCUT2D eigenvalue weighted by atomic mass is 16.6. The minimum Gasteiger partial charge on any atom is -0.445 e. The van der Waals surface area contributed by atoms with Gasteiger partial charge in [-0.05, 0) is 37.3 Å². The standard InChI is InChI=1S/C29H34N4O7/c1-19(27(36)32-22(26(35)24-18-39-24)15-20-9-4-2-5-10-20)31-28(37)23-13-8-14-33(23)25(34)16-30-29(38)40-17-21-11-6-3-7-12-21/h2-7,9-12,19,22-24H,8,13-18H2,1H3,(H,30,38)(H,31,37)(H,32,36). The SMILES string of the molecule is CC(NC(=O)C1CCCN1C(=O)CNC(=O)OCc1ccccc1)C(=O)NC(Cc1ccccc1)C(=O)C1CO1. The first kappa shape index (κ1) is 28.8. The third-order valence-corrected chi connectivity index (χ3v) is 6.82. The molecule has 0 radical (unpaired) electrons. The summed E-state index contributed by atoms with van der Waals surface area (Å²) in [5, 5.41) is 7.83. The lowest BCUT2D eigenvalue weighted by Crippen LogP contribution is -2.55. The maximum Gasteiger partial charge on any atom is 0.407 e. The van der Waals surface area contributed by atoms with Gasteiger partial charge in [0.05, 0.1) is 12.6 Å². The van der Waals surface area contributed by atoms with E-state index in [-0.39, 0.29) is 18.9 Å². The van der Waals surface area contributed by atoms with Crippen molar-refractivity contribution in [3.63, 3.8) is 0 Å². The number of nitrogens with one attached hydrogen (secondary N) is 3. The average Bonchev–Trinajstić information content (AvgIpc) is 3.70. The summed E-state index contributed by atoms with van der Waals surface area (Å²) >= 11 is 0. The van der Waals surface area contributed by atoms with Crippen LogP contribution in [-0.4, -0.2) is 78.4 Å². The molecule has 0 spiro atoms. The van der Waals surface area contributed by atoms with Gasteiger partial charge in [0, 0.05) is 6.54 Å². The Bertz CT molecular complexity index is 1200. The number of rotatable bonds is 12. The zero-order valence-corrected chi connectivity index (χ0v) is 22.3. The monoisotopic (exact) mass is 550 g/mol. The lowest BCUT2D eigenvalue weighted by Gasteiger charge is -2.26. The molecule has 4 amide bonds. The first-order chi connectivity index (χ1) is 19.3. The van der Waals surface area contributed by atoms with Gasteiger partial charge in [-0.25, -0.2) is 4.79 Å². The van der Waals surface area contributed by atoms with Crippen LogP contribution in [-0.2, 0) is 41.7 Å². The summed E-state index contributed by atoms with van der Waals surface area (Å²) in [7, 11) is 0. The zero-order chi connectivity index (χ0) is 28.5.